The molecule has 1 rings (SSSR count). The third-order valence-corrected chi connectivity index (χ3v) is 1.29. The van der Waals surface area contributed by atoms with Crippen LogP contribution in [0, 0.1) is 0 Å². The number of alkyl halides is 1. The molecule has 4 heteroatoms. The summed E-state index contributed by atoms with van der Waals surface area (Å²) in [5, 5.41) is 2.47. The molecule has 0 bridgehead atoms. The van der Waals surface area contributed by atoms with Crippen LogP contribution in [0.25, 0.3) is 0 Å². The van der Waals surface area contributed by atoms with Crippen LogP contribution in [0.5, 0.6) is 0 Å². The van der Waals surface area contributed by atoms with Gasteiger partial charge in [-0.3, -0.25) is 0 Å². The maximum atomic E-state index is 5.73. The van der Waals surface area contributed by atoms with Crippen LogP contribution in [0.4, 0.5) is 0 Å². The Morgan fingerprint density at radius 1 is 1.78 bits per heavy atom. The van der Waals surface area contributed by atoms with Gasteiger partial charge in [-0.15, -0.1) is 0 Å². The molecule has 0 amide bonds. The molecule has 50 valence electrons. The molecule has 1 aliphatic rings. The van der Waals surface area contributed by atoms with Gasteiger partial charge in [-0.1, -0.05) is 23.2 Å². The highest BCUT2D eigenvalue weighted by atomic mass is 35.5. The van der Waals surface area contributed by atoms with Gasteiger partial charge in [0.25, 0.3) is 0 Å². The van der Waals surface area contributed by atoms with E-state index >= 15 is 0 Å². The summed E-state index contributed by atoms with van der Waals surface area (Å²) in [5.74, 6) is 0. The van der Waals surface area contributed by atoms with Gasteiger partial charge in [-0.05, 0) is 13.0 Å². The Hall–Kier alpha value is -0.210. The van der Waals surface area contributed by atoms with Gasteiger partial charge in [0.15, 0.2) is 0 Å². The third-order valence-electron chi connectivity index (χ3n) is 0.884. The molecule has 0 aromatic heterocycles. The molecule has 0 aromatic carbocycles. The Labute approximate surface area is 63.6 Å². The summed E-state index contributed by atoms with van der Waals surface area (Å²) in [6, 6.07) is 0. The number of hydrogen-bond donors (Lipinski definition) is 1. The molecule has 0 saturated heterocycles. The number of nitrogens with zero attached hydrogens (tertiary/aromatic N) is 1. The van der Waals surface area contributed by atoms with Crippen molar-refractivity contribution in [2.45, 2.75) is 12.0 Å². The molecule has 1 unspecified atom stereocenters. The van der Waals surface area contributed by atoms with Crippen LogP contribution in [-0.4, -0.2) is 10.3 Å². The summed E-state index contributed by atoms with van der Waals surface area (Å²) in [4.78, 5) is 3.86. The number of nitrogens with one attached hydrogen (secondary N) is 1. The van der Waals surface area contributed by atoms with Crippen molar-refractivity contribution >= 4 is 28.4 Å². The van der Waals surface area contributed by atoms with Gasteiger partial charge in [0, 0.05) is 6.20 Å². The minimum absolute atomic E-state index is 0.422. The van der Waals surface area contributed by atoms with Gasteiger partial charge in [-0.25, -0.2) is 4.99 Å². The average molecular weight is 165 g/mol. The molecule has 0 fully saturated rings. The molecule has 1 N–H and O–H groups in total. The molecular weight excluding hydrogens is 159 g/mol. The van der Waals surface area contributed by atoms with E-state index in [0.717, 1.165) is 0 Å². The van der Waals surface area contributed by atoms with Gasteiger partial charge >= 0.3 is 0 Å². The fourth-order valence-corrected chi connectivity index (χ4v) is 0.962. The van der Waals surface area contributed by atoms with E-state index in [1.165, 1.54) is 0 Å². The number of aliphatic imine (C=N–C) groups is 1. The predicted octanol–water partition coefficient (Wildman–Crippen LogP) is 1.65. The summed E-state index contributed by atoms with van der Waals surface area (Å²) in [6.45, 7) is 1.72. The van der Waals surface area contributed by atoms with E-state index in [0.29, 0.717) is 5.17 Å². The van der Waals surface area contributed by atoms with Crippen molar-refractivity contribution in [2.75, 3.05) is 0 Å². The van der Waals surface area contributed by atoms with Crippen molar-refractivity contribution in [3.05, 3.63) is 12.3 Å². The Bertz CT molecular complexity index is 172. The van der Waals surface area contributed by atoms with Gasteiger partial charge in [0.2, 0.25) is 5.12 Å². The van der Waals surface area contributed by atoms with Crippen LogP contribution in [0.2, 0.25) is 0 Å². The summed E-state index contributed by atoms with van der Waals surface area (Å²) in [5.41, 5.74) is 0. The molecule has 0 aliphatic carbocycles. The Balaban J connectivity index is 2.78. The van der Waals surface area contributed by atoms with Crippen molar-refractivity contribution in [1.29, 1.82) is 0 Å². The summed E-state index contributed by atoms with van der Waals surface area (Å²) in [7, 11) is 0. The normalized spacial score (nSPS) is 33.4. The molecule has 1 atom stereocenters. The van der Waals surface area contributed by atoms with Gasteiger partial charge in [0.1, 0.15) is 5.17 Å². The van der Waals surface area contributed by atoms with Crippen LogP contribution >= 0.6 is 23.2 Å². The topological polar surface area (TPSA) is 24.4 Å². The first-order chi connectivity index (χ1) is 4.10. The number of halogens is 2. The second-order valence-electron chi connectivity index (χ2n) is 1.87. The summed E-state index contributed by atoms with van der Waals surface area (Å²) in [6.07, 6.45) is 3.31. The van der Waals surface area contributed by atoms with Crippen molar-refractivity contribution in [3.8, 4) is 0 Å². The molecule has 9 heavy (non-hydrogen) atoms. The molecular formula is C5H6Cl2N2. The van der Waals surface area contributed by atoms with Crippen LogP contribution in [0.3, 0.4) is 0 Å². The highest BCUT2D eigenvalue weighted by Crippen LogP contribution is 2.15. The molecule has 2 nitrogen and oxygen atoms in total. The lowest BCUT2D eigenvalue weighted by atomic mass is 10.5. The largest absolute Gasteiger partial charge is 0.355 e. The zero-order valence-corrected chi connectivity index (χ0v) is 6.37. The van der Waals surface area contributed by atoms with E-state index in [-0.39, 0.29) is 0 Å². The number of allylic oxidation sites excluding steroid dienone is 1. The van der Waals surface area contributed by atoms with E-state index in [4.69, 9.17) is 23.2 Å². The minimum Gasteiger partial charge on any atom is -0.355 e. The van der Waals surface area contributed by atoms with Crippen LogP contribution in [-0.2, 0) is 0 Å². The predicted molar refractivity (Wildman–Crippen MR) is 39.8 cm³/mol. The van der Waals surface area contributed by atoms with Gasteiger partial charge < -0.3 is 5.32 Å². The first-order valence-corrected chi connectivity index (χ1v) is 3.24. The van der Waals surface area contributed by atoms with E-state index in [1.807, 2.05) is 0 Å². The zero-order valence-electron chi connectivity index (χ0n) is 4.86. The van der Waals surface area contributed by atoms with E-state index in [9.17, 15) is 0 Å². The standard InChI is InChI=1S/C5H6Cl2N2/c1-5(7)8-3-2-4(6)9-5/h2-3,8H,1H3. The maximum absolute atomic E-state index is 5.73. The first kappa shape index (κ1) is 6.90. The zero-order chi connectivity index (χ0) is 6.91. The Kier molecular flexibility index (Phi) is 1.68. The fraction of sp³-hybridized carbons (Fsp3) is 0.400. The SMILES string of the molecule is CC1(Cl)N=C(Cl)C=CN1. The smallest absolute Gasteiger partial charge is 0.204 e. The second kappa shape index (κ2) is 2.20. The van der Waals surface area contributed by atoms with Crippen LogP contribution < -0.4 is 5.32 Å². The quantitative estimate of drug-likeness (QED) is 0.428. The van der Waals surface area contributed by atoms with Crippen LogP contribution in [0.1, 0.15) is 6.92 Å². The van der Waals surface area contributed by atoms with Crippen molar-refractivity contribution in [2.24, 2.45) is 4.99 Å². The van der Waals surface area contributed by atoms with Crippen molar-refractivity contribution in [3.63, 3.8) is 0 Å². The van der Waals surface area contributed by atoms with E-state index < -0.39 is 5.12 Å². The Morgan fingerprint density at radius 2 is 2.44 bits per heavy atom. The highest BCUT2D eigenvalue weighted by Gasteiger charge is 2.18. The van der Waals surface area contributed by atoms with Gasteiger partial charge in [0.05, 0.1) is 0 Å². The molecule has 1 heterocycles. The lowest BCUT2D eigenvalue weighted by molar-refractivity contribution is 0.594. The number of rotatable bonds is 0. The van der Waals surface area contributed by atoms with Crippen LogP contribution in [0.15, 0.2) is 17.3 Å². The fourth-order valence-electron chi connectivity index (χ4n) is 0.533. The summed E-state index contributed by atoms with van der Waals surface area (Å²) >= 11 is 11.3. The molecule has 0 aromatic rings. The minimum atomic E-state index is -0.758. The average Bonchev–Trinajstić information content (AvgIpc) is 1.60. The monoisotopic (exact) mass is 164 g/mol. The molecule has 0 saturated carbocycles. The lowest BCUT2D eigenvalue weighted by Gasteiger charge is -2.20. The van der Waals surface area contributed by atoms with Crippen molar-refractivity contribution < 1.29 is 0 Å². The third kappa shape index (κ3) is 1.88. The Morgan fingerprint density at radius 3 is 2.78 bits per heavy atom. The molecule has 1 aliphatic heterocycles. The lowest BCUT2D eigenvalue weighted by Crippen LogP contribution is -2.33. The van der Waals surface area contributed by atoms with E-state index in [2.05, 4.69) is 10.3 Å². The molecule has 0 radical (unpaired) electrons. The first-order valence-electron chi connectivity index (χ1n) is 2.49. The highest BCUT2D eigenvalue weighted by molar-refractivity contribution is 6.68. The van der Waals surface area contributed by atoms with Gasteiger partial charge in [-0.2, -0.15) is 0 Å². The second-order valence-corrected chi connectivity index (χ2v) is 2.99. The number of hydrogen-bond acceptors (Lipinski definition) is 2. The molecule has 0 spiro atoms. The summed E-state index contributed by atoms with van der Waals surface area (Å²) < 4.78 is 0. The van der Waals surface area contributed by atoms with E-state index in [1.54, 1.807) is 19.2 Å². The maximum Gasteiger partial charge on any atom is 0.204 e. The van der Waals surface area contributed by atoms with Crippen molar-refractivity contribution in [1.82, 2.24) is 5.32 Å².